The Morgan fingerprint density at radius 2 is 2.20 bits per heavy atom. The molecule has 0 aliphatic heterocycles. The molecule has 1 rings (SSSR count). The van der Waals surface area contributed by atoms with Gasteiger partial charge >= 0.3 is 70.2 Å². The molecule has 0 bridgehead atoms. The molecule has 2 heteroatoms. The Labute approximate surface area is 70.2 Å². The summed E-state index contributed by atoms with van der Waals surface area (Å²) >= 11 is -1.00. The van der Waals surface area contributed by atoms with Gasteiger partial charge < -0.3 is 0 Å². The molecule has 0 fully saturated rings. The van der Waals surface area contributed by atoms with E-state index in [4.69, 9.17) is 0 Å². The molecule has 10 heavy (non-hydrogen) atoms. The first-order chi connectivity index (χ1) is 4.79. The van der Waals surface area contributed by atoms with Crippen LogP contribution in [-0.4, -0.2) is 26.7 Å². The van der Waals surface area contributed by atoms with Crippen molar-refractivity contribution in [2.45, 2.75) is 13.4 Å². The second-order valence-electron chi connectivity index (χ2n) is 2.56. The van der Waals surface area contributed by atoms with E-state index in [1.54, 1.807) is 0 Å². The molecule has 0 saturated heterocycles. The van der Waals surface area contributed by atoms with Crippen LogP contribution in [-0.2, 0) is 4.13 Å². The van der Waals surface area contributed by atoms with Crippen LogP contribution in [0.15, 0.2) is 24.4 Å². The number of hydrogen-bond acceptors (Lipinski definition) is 1. The average molecular weight is 331 g/mol. The SMILES string of the molecule is [CH3][Bi]([CH3])[CH2]c1ccccn1. The van der Waals surface area contributed by atoms with Crippen LogP contribution in [0.1, 0.15) is 5.69 Å². The van der Waals surface area contributed by atoms with E-state index in [0.717, 1.165) is 0 Å². The van der Waals surface area contributed by atoms with Gasteiger partial charge in [0.15, 0.2) is 0 Å². The third-order valence-corrected chi connectivity index (χ3v) is 4.92. The van der Waals surface area contributed by atoms with Crippen LogP contribution in [0, 0.1) is 0 Å². The van der Waals surface area contributed by atoms with Gasteiger partial charge in [0.2, 0.25) is 0 Å². The molecule has 0 radical (unpaired) electrons. The van der Waals surface area contributed by atoms with E-state index in [1.807, 2.05) is 12.3 Å². The maximum absolute atomic E-state index is 4.27. The predicted molar refractivity (Wildman–Crippen MR) is 45.4 cm³/mol. The summed E-state index contributed by atoms with van der Waals surface area (Å²) in [5, 5.41) is 0. The first-order valence-corrected chi connectivity index (χ1v) is 12.7. The molecule has 0 spiro atoms. The van der Waals surface area contributed by atoms with Crippen LogP contribution in [0.4, 0.5) is 0 Å². The fraction of sp³-hybridized carbons (Fsp3) is 0.375. The molecule has 0 aromatic carbocycles. The molecule has 54 valence electrons. The average Bonchev–Trinajstić information content (AvgIpc) is 1.88. The van der Waals surface area contributed by atoms with Crippen molar-refractivity contribution in [1.29, 1.82) is 0 Å². The first-order valence-electron chi connectivity index (χ1n) is 3.33. The Morgan fingerprint density at radius 3 is 2.70 bits per heavy atom. The Morgan fingerprint density at radius 1 is 1.40 bits per heavy atom. The van der Waals surface area contributed by atoms with Crippen LogP contribution < -0.4 is 0 Å². The molecule has 0 unspecified atom stereocenters. The Balaban J connectivity index is 2.59. The Kier molecular flexibility index (Phi) is 3.27. The minimum atomic E-state index is -1.00. The predicted octanol–water partition coefficient (Wildman–Crippen LogP) is 1.92. The summed E-state index contributed by atoms with van der Waals surface area (Å²) in [4.78, 5) is 4.27. The monoisotopic (exact) mass is 331 g/mol. The molecular weight excluding hydrogens is 319 g/mol. The van der Waals surface area contributed by atoms with Crippen LogP contribution in [0.5, 0.6) is 0 Å². The zero-order valence-electron chi connectivity index (χ0n) is 6.41. The number of aromatic nitrogens is 1. The number of hydrogen-bond donors (Lipinski definition) is 0. The van der Waals surface area contributed by atoms with Crippen LogP contribution >= 0.6 is 0 Å². The van der Waals surface area contributed by atoms with Gasteiger partial charge in [-0.25, -0.2) is 0 Å². The van der Waals surface area contributed by atoms with Crippen molar-refractivity contribution in [3.63, 3.8) is 0 Å². The van der Waals surface area contributed by atoms with Crippen molar-refractivity contribution >= 4 is 21.8 Å². The molecule has 0 aliphatic carbocycles. The summed E-state index contributed by atoms with van der Waals surface area (Å²) in [6.07, 6.45) is 1.88. The molecular formula is C8H12BiN. The van der Waals surface area contributed by atoms with Crippen LogP contribution in [0.2, 0.25) is 9.26 Å². The van der Waals surface area contributed by atoms with Crippen molar-refractivity contribution < 1.29 is 0 Å². The minimum absolute atomic E-state index is 1.00. The van der Waals surface area contributed by atoms with Gasteiger partial charge in [-0.3, -0.25) is 0 Å². The van der Waals surface area contributed by atoms with E-state index in [-0.39, 0.29) is 0 Å². The summed E-state index contributed by atoms with van der Waals surface area (Å²) in [6.45, 7) is 0. The van der Waals surface area contributed by atoms with Gasteiger partial charge in [0.1, 0.15) is 0 Å². The van der Waals surface area contributed by atoms with E-state index in [2.05, 4.69) is 26.4 Å². The molecule has 0 amide bonds. The summed E-state index contributed by atoms with van der Waals surface area (Å²) < 4.78 is 6.10. The Bertz CT molecular complexity index is 184. The molecule has 0 saturated carbocycles. The fourth-order valence-corrected chi connectivity index (χ4v) is 4.06. The first kappa shape index (κ1) is 8.13. The van der Waals surface area contributed by atoms with Gasteiger partial charge in [-0.1, -0.05) is 0 Å². The quantitative estimate of drug-likeness (QED) is 0.755. The standard InChI is InChI=1S/C6H6N.2CH3.Bi/c1-6-4-2-3-5-7-6;;;/h2-5H,1H2;2*1H3;. The molecule has 0 N–H and O–H groups in total. The molecule has 0 atom stereocenters. The summed E-state index contributed by atoms with van der Waals surface area (Å²) in [6, 6.07) is 6.16. The van der Waals surface area contributed by atoms with Crippen molar-refractivity contribution in [3.8, 4) is 0 Å². The van der Waals surface area contributed by atoms with E-state index in [1.165, 1.54) is 9.82 Å². The van der Waals surface area contributed by atoms with E-state index in [0.29, 0.717) is 0 Å². The summed E-state index contributed by atoms with van der Waals surface area (Å²) in [5.41, 5.74) is 1.28. The number of rotatable bonds is 2. The molecule has 1 nitrogen and oxygen atoms in total. The van der Waals surface area contributed by atoms with Gasteiger partial charge in [0.25, 0.3) is 0 Å². The fourth-order valence-electron chi connectivity index (χ4n) is 0.816. The second kappa shape index (κ2) is 4.03. The third kappa shape index (κ3) is 2.74. The normalized spacial score (nSPS) is 10.3. The van der Waals surface area contributed by atoms with E-state index in [9.17, 15) is 0 Å². The van der Waals surface area contributed by atoms with Crippen molar-refractivity contribution in [2.75, 3.05) is 0 Å². The molecule has 1 heterocycles. The number of pyridine rings is 1. The maximum atomic E-state index is 4.27. The molecule has 0 aliphatic rings. The van der Waals surface area contributed by atoms with Crippen molar-refractivity contribution in [3.05, 3.63) is 30.1 Å². The zero-order chi connectivity index (χ0) is 7.40. The third-order valence-electron chi connectivity index (χ3n) is 1.20. The van der Waals surface area contributed by atoms with Gasteiger partial charge in [-0.2, -0.15) is 0 Å². The molecule has 1 aromatic rings. The van der Waals surface area contributed by atoms with E-state index >= 15 is 0 Å². The summed E-state index contributed by atoms with van der Waals surface area (Å²) in [5.74, 6) is 0. The van der Waals surface area contributed by atoms with Crippen molar-refractivity contribution in [2.24, 2.45) is 0 Å². The van der Waals surface area contributed by atoms with Gasteiger partial charge in [-0.15, -0.1) is 0 Å². The topological polar surface area (TPSA) is 12.9 Å². The van der Waals surface area contributed by atoms with Gasteiger partial charge in [-0.05, 0) is 0 Å². The summed E-state index contributed by atoms with van der Waals surface area (Å²) in [7, 11) is 0. The van der Waals surface area contributed by atoms with Crippen LogP contribution in [0.3, 0.4) is 0 Å². The molecule has 1 aromatic heterocycles. The Hall–Kier alpha value is 0.0331. The van der Waals surface area contributed by atoms with E-state index < -0.39 is 21.8 Å². The van der Waals surface area contributed by atoms with Gasteiger partial charge in [0, 0.05) is 0 Å². The van der Waals surface area contributed by atoms with Crippen LogP contribution in [0.25, 0.3) is 0 Å². The second-order valence-corrected chi connectivity index (χ2v) is 12.2. The zero-order valence-corrected chi connectivity index (χ0v) is 9.89. The number of nitrogens with zero attached hydrogens (tertiary/aromatic N) is 1. The van der Waals surface area contributed by atoms with Gasteiger partial charge in [0.05, 0.1) is 0 Å². The van der Waals surface area contributed by atoms with Crippen molar-refractivity contribution in [1.82, 2.24) is 4.98 Å².